The third kappa shape index (κ3) is 5.52. The number of carbonyl (C=O) groups is 2. The van der Waals surface area contributed by atoms with Crippen LogP contribution in [0.2, 0.25) is 10.0 Å². The smallest absolute Gasteiger partial charge is 0.251 e. The van der Waals surface area contributed by atoms with Crippen LogP contribution in [0, 0.1) is 0 Å². The summed E-state index contributed by atoms with van der Waals surface area (Å²) in [5, 5.41) is 4.00. The van der Waals surface area contributed by atoms with Crippen molar-refractivity contribution in [1.82, 2.24) is 10.2 Å². The molecule has 0 aromatic heterocycles. The van der Waals surface area contributed by atoms with Gasteiger partial charge in [0.25, 0.3) is 5.91 Å². The van der Waals surface area contributed by atoms with Crippen LogP contribution in [0.1, 0.15) is 52.8 Å². The molecule has 7 nitrogen and oxygen atoms in total. The number of amides is 1. The lowest BCUT2D eigenvalue weighted by molar-refractivity contribution is 0.0247. The molecule has 9 heteroatoms. The molecule has 2 aliphatic rings. The first-order valence-electron chi connectivity index (χ1n) is 11.7. The monoisotopic (exact) mass is 520 g/mol. The fourth-order valence-electron chi connectivity index (χ4n) is 5.26. The Hall–Kier alpha value is -2.48. The third-order valence-electron chi connectivity index (χ3n) is 6.96. The van der Waals surface area contributed by atoms with Gasteiger partial charge in [0.2, 0.25) is 5.75 Å². The van der Waals surface area contributed by atoms with Gasteiger partial charge in [-0.3, -0.25) is 14.5 Å². The molecule has 2 bridgehead atoms. The second-order valence-corrected chi connectivity index (χ2v) is 9.83. The summed E-state index contributed by atoms with van der Waals surface area (Å²) in [5.41, 5.74) is 1.01. The third-order valence-corrected chi connectivity index (χ3v) is 7.69. The molecule has 2 aliphatic heterocycles. The number of fused-ring (bicyclic) bond motifs is 2. The van der Waals surface area contributed by atoms with Gasteiger partial charge >= 0.3 is 0 Å². The number of ether oxygens (including phenoxy) is 3. The molecular weight excluding hydrogens is 491 g/mol. The van der Waals surface area contributed by atoms with E-state index in [1.807, 2.05) is 0 Å². The maximum Gasteiger partial charge on any atom is 0.251 e. The summed E-state index contributed by atoms with van der Waals surface area (Å²) in [6, 6.07) is 8.81. The number of piperidine rings is 2. The molecule has 35 heavy (non-hydrogen) atoms. The molecule has 0 saturated carbocycles. The number of rotatable bonds is 8. The van der Waals surface area contributed by atoms with E-state index in [2.05, 4.69) is 10.2 Å². The summed E-state index contributed by atoms with van der Waals surface area (Å²) < 4.78 is 16.1. The van der Waals surface area contributed by atoms with Gasteiger partial charge in [-0.25, -0.2) is 0 Å². The zero-order chi connectivity index (χ0) is 25.1. The first-order valence-corrected chi connectivity index (χ1v) is 12.4. The average molecular weight is 521 g/mol. The van der Waals surface area contributed by atoms with E-state index >= 15 is 0 Å². The van der Waals surface area contributed by atoms with Crippen LogP contribution >= 0.6 is 23.2 Å². The van der Waals surface area contributed by atoms with Gasteiger partial charge in [0.05, 0.1) is 37.9 Å². The lowest BCUT2D eigenvalue weighted by Gasteiger charge is -2.48. The van der Waals surface area contributed by atoms with Crippen molar-refractivity contribution in [2.45, 2.75) is 50.2 Å². The minimum atomic E-state index is -0.187. The van der Waals surface area contributed by atoms with Crippen molar-refractivity contribution in [3.8, 4) is 17.2 Å². The Bertz CT molecular complexity index is 1070. The van der Waals surface area contributed by atoms with E-state index in [9.17, 15) is 9.59 Å². The van der Waals surface area contributed by atoms with Crippen molar-refractivity contribution in [2.24, 2.45) is 0 Å². The van der Waals surface area contributed by atoms with Crippen molar-refractivity contribution in [2.75, 3.05) is 27.9 Å². The number of halogens is 2. The van der Waals surface area contributed by atoms with Gasteiger partial charge in [0, 0.05) is 29.3 Å². The topological polar surface area (TPSA) is 77.1 Å². The number of methoxy groups -OCH3 is 3. The highest BCUT2D eigenvalue weighted by molar-refractivity contribution is 6.42. The largest absolute Gasteiger partial charge is 0.493 e. The van der Waals surface area contributed by atoms with E-state index in [1.54, 1.807) is 30.3 Å². The lowest BCUT2D eigenvalue weighted by atomic mass is 9.81. The Morgan fingerprint density at radius 3 is 2.09 bits per heavy atom. The Kier molecular flexibility index (Phi) is 8.09. The van der Waals surface area contributed by atoms with Crippen molar-refractivity contribution in [1.29, 1.82) is 0 Å². The molecule has 2 atom stereocenters. The molecule has 2 saturated heterocycles. The highest BCUT2D eigenvalue weighted by Gasteiger charge is 2.39. The standard InChI is InChI=1S/C26H30Cl2N2O5/c1-33-23-10-16(11-24(34-2)25(23)35-3)26(32)29-17-12-18-5-4-6-19(13-17)30(18)14-22(31)15-7-8-20(27)21(28)9-15/h7-11,17-19H,4-6,12-14H2,1-3H3,(H,29,32). The van der Waals surface area contributed by atoms with Crippen LogP contribution in [0.5, 0.6) is 17.2 Å². The van der Waals surface area contributed by atoms with Gasteiger partial charge < -0.3 is 19.5 Å². The van der Waals surface area contributed by atoms with E-state index in [0.717, 1.165) is 32.1 Å². The van der Waals surface area contributed by atoms with Gasteiger partial charge in [-0.15, -0.1) is 0 Å². The average Bonchev–Trinajstić information content (AvgIpc) is 2.84. The molecule has 0 aliphatic carbocycles. The molecule has 188 valence electrons. The summed E-state index contributed by atoms with van der Waals surface area (Å²) in [6.07, 6.45) is 4.71. The number of nitrogens with one attached hydrogen (secondary N) is 1. The predicted octanol–water partition coefficient (Wildman–Crippen LogP) is 5.02. The summed E-state index contributed by atoms with van der Waals surface area (Å²) in [5.74, 6) is 1.16. The van der Waals surface area contributed by atoms with Crippen LogP contribution in [0.25, 0.3) is 0 Å². The summed E-state index contributed by atoms with van der Waals surface area (Å²) in [6.45, 7) is 0.334. The SMILES string of the molecule is COc1cc(C(=O)NC2CC3CCCC(C2)N3CC(=O)c2ccc(Cl)c(Cl)c2)cc(OC)c1OC. The highest BCUT2D eigenvalue weighted by Crippen LogP contribution is 2.39. The zero-order valence-corrected chi connectivity index (χ0v) is 21.6. The second-order valence-electron chi connectivity index (χ2n) is 9.02. The van der Waals surface area contributed by atoms with E-state index in [-0.39, 0.29) is 29.8 Å². The van der Waals surface area contributed by atoms with E-state index in [4.69, 9.17) is 37.4 Å². The molecule has 2 heterocycles. The number of benzene rings is 2. The molecule has 2 aromatic carbocycles. The number of ketones is 1. The molecule has 0 radical (unpaired) electrons. The highest BCUT2D eigenvalue weighted by atomic mass is 35.5. The maximum atomic E-state index is 13.1. The van der Waals surface area contributed by atoms with Crippen molar-refractivity contribution < 1.29 is 23.8 Å². The lowest BCUT2D eigenvalue weighted by Crippen LogP contribution is -2.58. The van der Waals surface area contributed by atoms with Crippen LogP contribution in [-0.2, 0) is 0 Å². The van der Waals surface area contributed by atoms with Crippen molar-refractivity contribution in [3.63, 3.8) is 0 Å². The molecule has 1 amide bonds. The molecule has 0 spiro atoms. The first kappa shape index (κ1) is 25.6. The molecule has 1 N–H and O–H groups in total. The first-order chi connectivity index (χ1) is 16.8. The van der Waals surface area contributed by atoms with Crippen LogP contribution in [0.15, 0.2) is 30.3 Å². The second kappa shape index (κ2) is 11.1. The number of nitrogens with zero attached hydrogens (tertiary/aromatic N) is 1. The fraction of sp³-hybridized carbons (Fsp3) is 0.462. The number of carbonyl (C=O) groups excluding carboxylic acids is 2. The van der Waals surface area contributed by atoms with Gasteiger partial charge in [0.15, 0.2) is 17.3 Å². The van der Waals surface area contributed by atoms with Gasteiger partial charge in [-0.1, -0.05) is 29.6 Å². The summed E-state index contributed by atoms with van der Waals surface area (Å²) in [4.78, 5) is 28.4. The minimum Gasteiger partial charge on any atom is -0.493 e. The van der Waals surface area contributed by atoms with Gasteiger partial charge in [0.1, 0.15) is 0 Å². The summed E-state index contributed by atoms with van der Waals surface area (Å²) in [7, 11) is 4.57. The fourth-order valence-corrected chi connectivity index (χ4v) is 5.56. The molecular formula is C26H30Cl2N2O5. The van der Waals surface area contributed by atoms with E-state index < -0.39 is 0 Å². The Labute approximate surface area is 215 Å². The minimum absolute atomic E-state index is 0.0215. The van der Waals surface area contributed by atoms with Crippen LogP contribution in [-0.4, -0.2) is 62.6 Å². The van der Waals surface area contributed by atoms with Gasteiger partial charge in [-0.2, -0.15) is 0 Å². The molecule has 4 rings (SSSR count). The molecule has 2 fully saturated rings. The number of hydrogen-bond acceptors (Lipinski definition) is 6. The van der Waals surface area contributed by atoms with Gasteiger partial charge in [-0.05, 0) is 56.0 Å². The Morgan fingerprint density at radius 1 is 0.914 bits per heavy atom. The number of hydrogen-bond donors (Lipinski definition) is 1. The van der Waals surface area contributed by atoms with Crippen molar-refractivity contribution in [3.05, 3.63) is 51.5 Å². The van der Waals surface area contributed by atoms with Crippen LogP contribution < -0.4 is 19.5 Å². The quantitative estimate of drug-likeness (QED) is 0.492. The predicted molar refractivity (Wildman–Crippen MR) is 136 cm³/mol. The normalized spacial score (nSPS) is 21.8. The summed E-state index contributed by atoms with van der Waals surface area (Å²) >= 11 is 12.1. The molecule has 2 unspecified atom stereocenters. The van der Waals surface area contributed by atoms with Crippen LogP contribution in [0.4, 0.5) is 0 Å². The maximum absolute atomic E-state index is 13.1. The molecule has 2 aromatic rings. The number of Topliss-reactive ketones (excluding diaryl/α,β-unsaturated/α-hetero) is 1. The van der Waals surface area contributed by atoms with Crippen molar-refractivity contribution >= 4 is 34.9 Å². The Morgan fingerprint density at radius 2 is 1.54 bits per heavy atom. The Balaban J connectivity index is 1.44. The van der Waals surface area contributed by atoms with E-state index in [0.29, 0.717) is 45.0 Å². The van der Waals surface area contributed by atoms with Crippen LogP contribution in [0.3, 0.4) is 0 Å². The van der Waals surface area contributed by atoms with E-state index in [1.165, 1.54) is 21.3 Å². The zero-order valence-electron chi connectivity index (χ0n) is 20.1.